The number of aliphatic imine (C=N–C) groups is 1. The number of nitrogen functional groups attached to an aromatic ring is 1. The molecular formula is C21H19N3O3. The summed E-state index contributed by atoms with van der Waals surface area (Å²) in [6, 6.07) is 13.8. The number of ketones is 1. The monoisotopic (exact) mass is 361 g/mol. The third-order valence-corrected chi connectivity index (χ3v) is 5.33. The number of aliphatic hydroxyl groups excluding tert-OH is 1. The van der Waals surface area contributed by atoms with E-state index in [0.717, 1.165) is 24.9 Å². The van der Waals surface area contributed by atoms with Crippen LogP contribution in [0.5, 0.6) is 0 Å². The van der Waals surface area contributed by atoms with Gasteiger partial charge in [0.25, 0.3) is 0 Å². The minimum atomic E-state index is -0.179. The lowest BCUT2D eigenvalue weighted by molar-refractivity contribution is -0.118. The Labute approximate surface area is 156 Å². The van der Waals surface area contributed by atoms with E-state index in [1.54, 1.807) is 0 Å². The molecule has 6 nitrogen and oxygen atoms in total. The van der Waals surface area contributed by atoms with Gasteiger partial charge >= 0.3 is 0 Å². The highest BCUT2D eigenvalue weighted by molar-refractivity contribution is 6.30. The molecule has 0 aromatic heterocycles. The van der Waals surface area contributed by atoms with Gasteiger partial charge in [-0.25, -0.2) is 0 Å². The Hall–Kier alpha value is -3.28. The quantitative estimate of drug-likeness (QED) is 0.357. The van der Waals surface area contributed by atoms with Crippen LogP contribution in [0.25, 0.3) is 5.76 Å². The van der Waals surface area contributed by atoms with Crippen molar-refractivity contribution < 1.29 is 9.90 Å². The van der Waals surface area contributed by atoms with E-state index in [1.165, 1.54) is 18.2 Å². The number of benzene rings is 2. The lowest BCUT2D eigenvalue weighted by Crippen LogP contribution is -2.30. The van der Waals surface area contributed by atoms with Gasteiger partial charge in [0, 0.05) is 23.1 Å². The van der Waals surface area contributed by atoms with E-state index in [2.05, 4.69) is 5.18 Å². The molecule has 0 radical (unpaired) electrons. The Balaban J connectivity index is 1.89. The Bertz CT molecular complexity index is 979. The predicted octanol–water partition coefficient (Wildman–Crippen LogP) is 4.71. The van der Waals surface area contributed by atoms with Crippen LogP contribution in [0.1, 0.15) is 24.8 Å². The number of allylic oxidation sites excluding steroid dienone is 1. The molecule has 2 aliphatic carbocycles. The second kappa shape index (κ2) is 6.79. The lowest BCUT2D eigenvalue weighted by atomic mass is 9.80. The number of nitrogens with two attached hydrogens (primary N) is 1. The van der Waals surface area contributed by atoms with Crippen molar-refractivity contribution in [3.63, 3.8) is 0 Å². The maximum atomic E-state index is 13.0. The molecule has 2 aromatic carbocycles. The van der Waals surface area contributed by atoms with Gasteiger partial charge in [-0.05, 0) is 54.8 Å². The van der Waals surface area contributed by atoms with E-state index in [0.29, 0.717) is 11.3 Å². The molecule has 2 fully saturated rings. The van der Waals surface area contributed by atoms with Crippen LogP contribution in [0.15, 0.2) is 64.3 Å². The molecule has 2 saturated carbocycles. The lowest BCUT2D eigenvalue weighted by Gasteiger charge is -2.24. The van der Waals surface area contributed by atoms with Crippen LogP contribution in [-0.4, -0.2) is 16.6 Å². The first-order chi connectivity index (χ1) is 13.1. The highest BCUT2D eigenvalue weighted by Crippen LogP contribution is 2.44. The minimum Gasteiger partial charge on any atom is -0.506 e. The fourth-order valence-electron chi connectivity index (χ4n) is 3.99. The van der Waals surface area contributed by atoms with Gasteiger partial charge in [0.15, 0.2) is 5.78 Å². The fraction of sp³-hybridized carbons (Fsp3) is 0.238. The van der Waals surface area contributed by atoms with Crippen molar-refractivity contribution in [3.05, 3.63) is 64.6 Å². The van der Waals surface area contributed by atoms with Crippen molar-refractivity contribution in [1.82, 2.24) is 0 Å². The molecule has 27 heavy (non-hydrogen) atoms. The van der Waals surface area contributed by atoms with Crippen molar-refractivity contribution >= 4 is 34.3 Å². The first-order valence-electron chi connectivity index (χ1n) is 8.93. The molecule has 2 aliphatic rings. The van der Waals surface area contributed by atoms with Gasteiger partial charge in [0.1, 0.15) is 11.4 Å². The largest absolute Gasteiger partial charge is 0.506 e. The third kappa shape index (κ3) is 3.03. The zero-order chi connectivity index (χ0) is 19.0. The molecule has 2 aromatic rings. The third-order valence-electron chi connectivity index (χ3n) is 5.33. The van der Waals surface area contributed by atoms with Crippen LogP contribution in [0.2, 0.25) is 0 Å². The summed E-state index contributed by atoms with van der Waals surface area (Å²) in [7, 11) is 0. The average molecular weight is 361 g/mol. The first kappa shape index (κ1) is 17.1. The molecular weight excluding hydrogens is 342 g/mol. The molecule has 2 atom stereocenters. The molecule has 0 amide bonds. The van der Waals surface area contributed by atoms with E-state index < -0.39 is 0 Å². The zero-order valence-corrected chi connectivity index (χ0v) is 14.6. The number of hydrogen-bond donors (Lipinski definition) is 2. The van der Waals surface area contributed by atoms with E-state index in [1.807, 2.05) is 30.3 Å². The summed E-state index contributed by atoms with van der Waals surface area (Å²) in [6.45, 7) is 0. The van der Waals surface area contributed by atoms with Crippen molar-refractivity contribution in [2.75, 3.05) is 5.73 Å². The summed E-state index contributed by atoms with van der Waals surface area (Å²) in [5.41, 5.74) is 8.27. The maximum absolute atomic E-state index is 13.0. The van der Waals surface area contributed by atoms with E-state index in [9.17, 15) is 14.8 Å². The smallest absolute Gasteiger partial charge is 0.171 e. The van der Waals surface area contributed by atoms with E-state index >= 15 is 0 Å². The summed E-state index contributed by atoms with van der Waals surface area (Å²) in [5.74, 6) is -0.213. The number of nitrogens with zero attached hydrogens (tertiary/aromatic N) is 2. The summed E-state index contributed by atoms with van der Waals surface area (Å²) in [4.78, 5) is 28.4. The number of nitroso groups, excluding NO2 is 1. The predicted molar refractivity (Wildman–Crippen MR) is 105 cm³/mol. The van der Waals surface area contributed by atoms with Gasteiger partial charge in [-0.2, -0.15) is 0 Å². The van der Waals surface area contributed by atoms with Gasteiger partial charge in [0.05, 0.1) is 17.0 Å². The molecule has 2 unspecified atom stereocenters. The van der Waals surface area contributed by atoms with Crippen LogP contribution in [0.4, 0.5) is 17.1 Å². The standard InChI is InChI=1S/C21H19N3O3/c22-17-11-15(24-27)8-9-16(17)21(26)18-19(23-14-4-2-1-3-5-14)12-6-7-13(10-12)20(18)25/h1-5,8-9,11-13,26H,6-7,10,22H2. The van der Waals surface area contributed by atoms with Crippen LogP contribution in [0.3, 0.4) is 0 Å². The second-order valence-electron chi connectivity index (χ2n) is 6.99. The van der Waals surface area contributed by atoms with E-state index in [4.69, 9.17) is 10.7 Å². The Morgan fingerprint density at radius 3 is 2.48 bits per heavy atom. The van der Waals surface area contributed by atoms with Gasteiger partial charge in [0.2, 0.25) is 0 Å². The van der Waals surface area contributed by atoms with Crippen molar-refractivity contribution in [2.24, 2.45) is 22.0 Å². The SMILES string of the molecule is Nc1cc(N=O)ccc1C(O)=C1C(=O)C2CCC(C2)C1=Nc1ccccc1. The second-order valence-corrected chi connectivity index (χ2v) is 6.99. The Morgan fingerprint density at radius 2 is 1.78 bits per heavy atom. The molecule has 0 heterocycles. The number of carbonyl (C=O) groups excluding carboxylic acids is 1. The van der Waals surface area contributed by atoms with Crippen LogP contribution in [-0.2, 0) is 4.79 Å². The fourth-order valence-corrected chi connectivity index (χ4v) is 3.99. The van der Waals surface area contributed by atoms with Gasteiger partial charge in [-0.1, -0.05) is 18.2 Å². The Kier molecular flexibility index (Phi) is 4.32. The number of anilines is 1. The molecule has 4 rings (SSSR count). The maximum Gasteiger partial charge on any atom is 0.171 e. The molecule has 2 bridgehead atoms. The van der Waals surface area contributed by atoms with Crippen molar-refractivity contribution in [1.29, 1.82) is 0 Å². The number of rotatable bonds is 3. The molecule has 0 spiro atoms. The highest BCUT2D eigenvalue weighted by atomic mass is 16.3. The van der Waals surface area contributed by atoms with Crippen molar-refractivity contribution in [2.45, 2.75) is 19.3 Å². The van der Waals surface area contributed by atoms with Crippen LogP contribution in [0, 0.1) is 16.7 Å². The van der Waals surface area contributed by atoms with Gasteiger partial charge in [-0.15, -0.1) is 4.91 Å². The number of hydrogen-bond acceptors (Lipinski definition) is 6. The summed E-state index contributed by atoms with van der Waals surface area (Å²) >= 11 is 0. The summed E-state index contributed by atoms with van der Waals surface area (Å²) in [6.07, 6.45) is 2.45. The molecule has 3 N–H and O–H groups in total. The number of carbonyl (C=O) groups is 1. The number of Topliss-reactive ketones (excluding diaryl/α,β-unsaturated/α-hetero) is 1. The van der Waals surface area contributed by atoms with Crippen LogP contribution < -0.4 is 5.73 Å². The summed E-state index contributed by atoms with van der Waals surface area (Å²) < 4.78 is 0. The number of aliphatic hydroxyl groups is 1. The first-order valence-corrected chi connectivity index (χ1v) is 8.93. The van der Waals surface area contributed by atoms with Crippen LogP contribution >= 0.6 is 0 Å². The molecule has 136 valence electrons. The highest BCUT2D eigenvalue weighted by Gasteiger charge is 2.44. The number of para-hydroxylation sites is 1. The normalized spacial score (nSPS) is 24.9. The molecule has 0 aliphatic heterocycles. The van der Waals surface area contributed by atoms with Crippen molar-refractivity contribution in [3.8, 4) is 0 Å². The van der Waals surface area contributed by atoms with Gasteiger partial charge in [-0.3, -0.25) is 9.79 Å². The number of fused-ring (bicyclic) bond motifs is 2. The van der Waals surface area contributed by atoms with E-state index in [-0.39, 0.29) is 40.3 Å². The Morgan fingerprint density at radius 1 is 1.04 bits per heavy atom. The molecule has 6 heteroatoms. The molecule has 0 saturated heterocycles. The zero-order valence-electron chi connectivity index (χ0n) is 14.6. The summed E-state index contributed by atoms with van der Waals surface area (Å²) in [5, 5.41) is 13.8. The topological polar surface area (TPSA) is 105 Å². The van der Waals surface area contributed by atoms with Gasteiger partial charge < -0.3 is 10.8 Å². The average Bonchev–Trinajstić information content (AvgIpc) is 3.13. The minimum absolute atomic E-state index is 0.0842.